The van der Waals surface area contributed by atoms with Gasteiger partial charge >= 0.3 is 0 Å². The summed E-state index contributed by atoms with van der Waals surface area (Å²) in [5.41, 5.74) is 2.34. The number of rotatable bonds is 5. The molecule has 0 spiro atoms. The molecule has 2 aromatic rings. The van der Waals surface area contributed by atoms with Gasteiger partial charge in [0.1, 0.15) is 11.4 Å². The lowest BCUT2D eigenvalue weighted by Gasteiger charge is -2.18. The van der Waals surface area contributed by atoms with Gasteiger partial charge in [0.25, 0.3) is 5.91 Å². The summed E-state index contributed by atoms with van der Waals surface area (Å²) in [5.74, 6) is 2.70. The summed E-state index contributed by atoms with van der Waals surface area (Å²) in [5, 5.41) is 7.58. The standard InChI is InChI=1S/C20H23N3O2/c1-23-19(11-18(22-23)14-5-7-17(25-2)8-6-14)20(24)21-12-16-10-13-3-4-15(16)9-13/h3-8,11,13,15-16H,9-10,12H2,1-2H3,(H,21,24)/t13-,15-,16-/m0/s1. The zero-order valence-corrected chi connectivity index (χ0v) is 14.6. The molecule has 2 bridgehead atoms. The summed E-state index contributed by atoms with van der Waals surface area (Å²) < 4.78 is 6.83. The highest BCUT2D eigenvalue weighted by Crippen LogP contribution is 2.42. The Balaban J connectivity index is 1.44. The first-order valence-electron chi connectivity index (χ1n) is 8.79. The van der Waals surface area contributed by atoms with Crippen molar-refractivity contribution in [1.82, 2.24) is 15.1 Å². The van der Waals surface area contributed by atoms with Crippen molar-refractivity contribution in [3.05, 3.63) is 48.2 Å². The molecule has 1 fully saturated rings. The highest BCUT2D eigenvalue weighted by atomic mass is 16.5. The molecule has 130 valence electrons. The number of nitrogens with zero attached hydrogens (tertiary/aromatic N) is 2. The van der Waals surface area contributed by atoms with Gasteiger partial charge in [-0.1, -0.05) is 12.2 Å². The van der Waals surface area contributed by atoms with E-state index < -0.39 is 0 Å². The van der Waals surface area contributed by atoms with Gasteiger partial charge in [-0.2, -0.15) is 5.10 Å². The van der Waals surface area contributed by atoms with Crippen molar-refractivity contribution in [1.29, 1.82) is 0 Å². The van der Waals surface area contributed by atoms with Crippen LogP contribution in [0.25, 0.3) is 11.3 Å². The van der Waals surface area contributed by atoms with E-state index in [-0.39, 0.29) is 5.91 Å². The van der Waals surface area contributed by atoms with Gasteiger partial charge < -0.3 is 10.1 Å². The normalized spacial score (nSPS) is 23.8. The summed E-state index contributed by atoms with van der Waals surface area (Å²) in [4.78, 5) is 12.6. The van der Waals surface area contributed by atoms with E-state index in [1.165, 1.54) is 12.8 Å². The summed E-state index contributed by atoms with van der Waals surface area (Å²) in [6, 6.07) is 9.53. The molecule has 5 nitrogen and oxygen atoms in total. The average Bonchev–Trinajstić information content (AvgIpc) is 3.35. The molecule has 5 heteroatoms. The molecule has 1 heterocycles. The molecule has 1 aromatic heterocycles. The zero-order chi connectivity index (χ0) is 17.4. The van der Waals surface area contributed by atoms with Crippen LogP contribution in [0.4, 0.5) is 0 Å². The molecule has 2 aliphatic rings. The number of fused-ring (bicyclic) bond motifs is 2. The van der Waals surface area contributed by atoms with Gasteiger partial charge in [0, 0.05) is 19.2 Å². The van der Waals surface area contributed by atoms with E-state index in [9.17, 15) is 4.79 Å². The van der Waals surface area contributed by atoms with E-state index in [0.29, 0.717) is 17.5 Å². The maximum Gasteiger partial charge on any atom is 0.269 e. The highest BCUT2D eigenvalue weighted by Gasteiger charge is 2.35. The second kappa shape index (κ2) is 6.39. The molecule has 1 amide bonds. The van der Waals surface area contributed by atoms with Crippen LogP contribution in [0.1, 0.15) is 23.3 Å². The van der Waals surface area contributed by atoms with Crippen LogP contribution in [0, 0.1) is 17.8 Å². The minimum absolute atomic E-state index is 0.0542. The van der Waals surface area contributed by atoms with Gasteiger partial charge in [-0.05, 0) is 60.9 Å². The Hall–Kier alpha value is -2.56. The van der Waals surface area contributed by atoms with Crippen LogP contribution in [-0.4, -0.2) is 29.3 Å². The molecule has 0 saturated heterocycles. The van der Waals surface area contributed by atoms with Crippen LogP contribution in [0.2, 0.25) is 0 Å². The van der Waals surface area contributed by atoms with Gasteiger partial charge in [0.15, 0.2) is 0 Å². The maximum absolute atomic E-state index is 12.6. The molecule has 1 N–H and O–H groups in total. The number of aryl methyl sites for hydroxylation is 1. The second-order valence-electron chi connectivity index (χ2n) is 7.02. The zero-order valence-electron chi connectivity index (χ0n) is 14.6. The van der Waals surface area contributed by atoms with Gasteiger partial charge in [0.2, 0.25) is 0 Å². The van der Waals surface area contributed by atoms with E-state index >= 15 is 0 Å². The van der Waals surface area contributed by atoms with Crippen molar-refractivity contribution >= 4 is 5.91 Å². The first-order valence-corrected chi connectivity index (χ1v) is 8.79. The SMILES string of the molecule is COc1ccc(-c2cc(C(=O)NC[C@@H]3C[C@H]4C=C[C@H]3C4)n(C)n2)cc1. The number of allylic oxidation sites excluding steroid dienone is 2. The number of hydrogen-bond acceptors (Lipinski definition) is 3. The third kappa shape index (κ3) is 3.06. The molecule has 2 aliphatic carbocycles. The lowest BCUT2D eigenvalue weighted by molar-refractivity contribution is 0.0935. The number of methoxy groups -OCH3 is 1. The lowest BCUT2D eigenvalue weighted by atomic mass is 9.93. The fraction of sp³-hybridized carbons (Fsp3) is 0.400. The summed E-state index contributed by atoms with van der Waals surface area (Å²) in [6.45, 7) is 0.743. The van der Waals surface area contributed by atoms with E-state index in [1.54, 1.807) is 11.8 Å². The molecule has 4 rings (SSSR count). The van der Waals surface area contributed by atoms with Crippen LogP contribution in [0.5, 0.6) is 5.75 Å². The van der Waals surface area contributed by atoms with Crippen LogP contribution in [0.15, 0.2) is 42.5 Å². The Morgan fingerprint density at radius 2 is 2.08 bits per heavy atom. The van der Waals surface area contributed by atoms with E-state index in [2.05, 4.69) is 22.6 Å². The average molecular weight is 337 g/mol. The number of carbonyl (C=O) groups excluding carboxylic acids is 1. The molecule has 0 aliphatic heterocycles. The van der Waals surface area contributed by atoms with E-state index in [1.807, 2.05) is 37.4 Å². The molecular formula is C20H23N3O2. The fourth-order valence-corrected chi connectivity index (χ4v) is 4.03. The van der Waals surface area contributed by atoms with Crippen LogP contribution < -0.4 is 10.1 Å². The molecule has 1 aromatic carbocycles. The maximum atomic E-state index is 12.6. The Bertz CT molecular complexity index is 807. The van der Waals surface area contributed by atoms with Crippen molar-refractivity contribution < 1.29 is 9.53 Å². The molecule has 1 saturated carbocycles. The van der Waals surface area contributed by atoms with Crippen molar-refractivity contribution in [3.8, 4) is 17.0 Å². The third-order valence-electron chi connectivity index (χ3n) is 5.44. The first-order chi connectivity index (χ1) is 12.1. The van der Waals surface area contributed by atoms with Crippen molar-refractivity contribution in [2.45, 2.75) is 12.8 Å². The van der Waals surface area contributed by atoms with Crippen molar-refractivity contribution in [2.75, 3.05) is 13.7 Å². The number of ether oxygens (including phenoxy) is 1. The smallest absolute Gasteiger partial charge is 0.269 e. The Kier molecular flexibility index (Phi) is 4.07. The summed E-state index contributed by atoms with van der Waals surface area (Å²) in [7, 11) is 3.45. The Morgan fingerprint density at radius 3 is 2.72 bits per heavy atom. The molecule has 0 unspecified atom stereocenters. The third-order valence-corrected chi connectivity index (χ3v) is 5.44. The molecular weight excluding hydrogens is 314 g/mol. The van der Waals surface area contributed by atoms with Gasteiger partial charge in [0.05, 0.1) is 12.8 Å². The van der Waals surface area contributed by atoms with Gasteiger partial charge in [-0.15, -0.1) is 0 Å². The van der Waals surface area contributed by atoms with Gasteiger partial charge in [-0.25, -0.2) is 0 Å². The van der Waals surface area contributed by atoms with Crippen LogP contribution in [0.3, 0.4) is 0 Å². The lowest BCUT2D eigenvalue weighted by Crippen LogP contribution is -2.32. The number of carbonyl (C=O) groups is 1. The van der Waals surface area contributed by atoms with Crippen LogP contribution in [-0.2, 0) is 7.05 Å². The number of amides is 1. The molecule has 0 radical (unpaired) electrons. The van der Waals surface area contributed by atoms with E-state index in [4.69, 9.17) is 4.74 Å². The topological polar surface area (TPSA) is 56.1 Å². The predicted octanol–water partition coefficient (Wildman–Crippen LogP) is 3.04. The summed E-state index contributed by atoms with van der Waals surface area (Å²) in [6.07, 6.45) is 7.10. The summed E-state index contributed by atoms with van der Waals surface area (Å²) >= 11 is 0. The fourth-order valence-electron chi connectivity index (χ4n) is 4.03. The monoisotopic (exact) mass is 337 g/mol. The molecule has 3 atom stereocenters. The van der Waals surface area contributed by atoms with E-state index in [0.717, 1.165) is 29.5 Å². The Morgan fingerprint density at radius 1 is 1.28 bits per heavy atom. The minimum Gasteiger partial charge on any atom is -0.497 e. The number of nitrogens with one attached hydrogen (secondary N) is 1. The number of benzene rings is 1. The number of aromatic nitrogens is 2. The highest BCUT2D eigenvalue weighted by molar-refractivity contribution is 5.93. The van der Waals surface area contributed by atoms with Crippen molar-refractivity contribution in [2.24, 2.45) is 24.8 Å². The molecule has 25 heavy (non-hydrogen) atoms. The predicted molar refractivity (Wildman–Crippen MR) is 96.4 cm³/mol. The van der Waals surface area contributed by atoms with Crippen LogP contribution >= 0.6 is 0 Å². The Labute approximate surface area is 147 Å². The quantitative estimate of drug-likeness (QED) is 0.853. The minimum atomic E-state index is -0.0542. The second-order valence-corrected chi connectivity index (χ2v) is 7.02. The van der Waals surface area contributed by atoms with Crippen molar-refractivity contribution in [3.63, 3.8) is 0 Å². The number of hydrogen-bond donors (Lipinski definition) is 1. The van der Waals surface area contributed by atoms with Gasteiger partial charge in [-0.3, -0.25) is 9.48 Å². The largest absolute Gasteiger partial charge is 0.497 e. The first kappa shape index (κ1) is 15.9.